The number of pyridine rings is 1. The van der Waals surface area contributed by atoms with Gasteiger partial charge in [-0.3, -0.25) is 9.98 Å². The fourth-order valence-electron chi connectivity index (χ4n) is 0.878. The average molecular weight is 211 g/mol. The molecule has 0 fully saturated rings. The van der Waals surface area contributed by atoms with Crippen molar-refractivity contribution in [1.82, 2.24) is 4.98 Å². The van der Waals surface area contributed by atoms with Crippen molar-refractivity contribution < 1.29 is 0 Å². The second kappa shape index (κ2) is 6.33. The molecule has 2 nitrogen and oxygen atoms in total. The lowest BCUT2D eigenvalue weighted by Gasteiger charge is -2.02. The van der Waals surface area contributed by atoms with Gasteiger partial charge in [-0.1, -0.05) is 32.0 Å². The molecular formula is C11H15ClN2. The van der Waals surface area contributed by atoms with E-state index in [0.717, 1.165) is 11.3 Å². The summed E-state index contributed by atoms with van der Waals surface area (Å²) in [5, 5.41) is 0.558. The van der Waals surface area contributed by atoms with Crippen molar-refractivity contribution in [3.8, 4) is 0 Å². The maximum absolute atomic E-state index is 5.72. The Hall–Kier alpha value is -1.15. The second-order valence-electron chi connectivity index (χ2n) is 2.46. The Kier molecular flexibility index (Phi) is 5.81. The third-order valence-corrected chi connectivity index (χ3v) is 1.62. The van der Waals surface area contributed by atoms with Crippen LogP contribution in [0.1, 0.15) is 26.5 Å². The summed E-state index contributed by atoms with van der Waals surface area (Å²) in [6.45, 7) is 13.1. The Morgan fingerprint density at radius 2 is 2.07 bits per heavy atom. The van der Waals surface area contributed by atoms with E-state index in [1.54, 1.807) is 12.3 Å². The zero-order valence-electron chi connectivity index (χ0n) is 8.84. The lowest BCUT2D eigenvalue weighted by atomic mass is 10.2. The predicted octanol–water partition coefficient (Wildman–Crippen LogP) is 4.13. The Morgan fingerprint density at radius 3 is 2.50 bits per heavy atom. The number of allylic oxidation sites excluding steroid dienone is 1. The van der Waals surface area contributed by atoms with Crippen LogP contribution in [0.15, 0.2) is 23.8 Å². The number of rotatable bonds is 2. The van der Waals surface area contributed by atoms with Crippen LogP contribution in [0.4, 0.5) is 5.69 Å². The Labute approximate surface area is 90.4 Å². The van der Waals surface area contributed by atoms with Gasteiger partial charge in [0.25, 0.3) is 0 Å². The van der Waals surface area contributed by atoms with Gasteiger partial charge in [0, 0.05) is 6.20 Å². The van der Waals surface area contributed by atoms with Gasteiger partial charge in [-0.25, -0.2) is 0 Å². The fraction of sp³-hybridized carbons (Fsp3) is 0.273. The molecule has 0 N–H and O–H groups in total. The van der Waals surface area contributed by atoms with Crippen molar-refractivity contribution in [2.24, 2.45) is 4.99 Å². The number of nitrogens with zero attached hydrogens (tertiary/aromatic N) is 2. The zero-order chi connectivity index (χ0) is 11.1. The third-order valence-electron chi connectivity index (χ3n) is 1.41. The summed E-state index contributed by atoms with van der Waals surface area (Å²) >= 11 is 5.72. The SMILES string of the molecule is C=Nc1cc(Cl)cnc1C(=C)C.CC. The first-order chi connectivity index (χ1) is 6.65. The standard InChI is InChI=1S/C9H9ClN2.C2H6/c1-6(2)9-8(11-3)4-7(10)5-12-9;1-2/h4-5H,1,3H2,2H3;1-2H3. The summed E-state index contributed by atoms with van der Waals surface area (Å²) in [5.41, 5.74) is 2.28. The van der Waals surface area contributed by atoms with E-state index in [1.165, 1.54) is 0 Å². The smallest absolute Gasteiger partial charge is 0.0910 e. The van der Waals surface area contributed by atoms with Crippen LogP contribution in [-0.2, 0) is 0 Å². The summed E-state index contributed by atoms with van der Waals surface area (Å²) < 4.78 is 0. The van der Waals surface area contributed by atoms with Crippen molar-refractivity contribution >= 4 is 29.6 Å². The molecule has 0 aromatic carbocycles. The van der Waals surface area contributed by atoms with Crippen LogP contribution in [-0.4, -0.2) is 11.7 Å². The van der Waals surface area contributed by atoms with Crippen LogP contribution < -0.4 is 0 Å². The first kappa shape index (κ1) is 12.8. The molecule has 0 unspecified atom stereocenters. The minimum absolute atomic E-state index is 0.558. The normalized spacial score (nSPS) is 8.57. The van der Waals surface area contributed by atoms with Gasteiger partial charge in [0.2, 0.25) is 0 Å². The van der Waals surface area contributed by atoms with Crippen molar-refractivity contribution in [2.45, 2.75) is 20.8 Å². The molecule has 0 bridgehead atoms. The molecule has 0 aliphatic heterocycles. The molecule has 0 spiro atoms. The van der Waals surface area contributed by atoms with Crippen LogP contribution in [0.25, 0.3) is 5.57 Å². The maximum Gasteiger partial charge on any atom is 0.0910 e. The van der Waals surface area contributed by atoms with Gasteiger partial charge < -0.3 is 0 Å². The molecule has 1 rings (SSSR count). The fourth-order valence-corrected chi connectivity index (χ4v) is 1.03. The predicted molar refractivity (Wildman–Crippen MR) is 64.5 cm³/mol. The van der Waals surface area contributed by atoms with Crippen molar-refractivity contribution in [1.29, 1.82) is 0 Å². The topological polar surface area (TPSA) is 25.2 Å². The lowest BCUT2D eigenvalue weighted by Crippen LogP contribution is -1.85. The molecule has 1 heterocycles. The Balaban J connectivity index is 0.000000791. The van der Waals surface area contributed by atoms with Crippen LogP contribution in [0.3, 0.4) is 0 Å². The quantitative estimate of drug-likeness (QED) is 0.674. The van der Waals surface area contributed by atoms with Crippen LogP contribution >= 0.6 is 11.6 Å². The number of hydrogen-bond acceptors (Lipinski definition) is 2. The highest BCUT2D eigenvalue weighted by molar-refractivity contribution is 6.30. The van der Waals surface area contributed by atoms with Gasteiger partial charge in [0.15, 0.2) is 0 Å². The molecular weight excluding hydrogens is 196 g/mol. The second-order valence-corrected chi connectivity index (χ2v) is 2.90. The van der Waals surface area contributed by atoms with E-state index >= 15 is 0 Å². The van der Waals surface area contributed by atoms with E-state index in [9.17, 15) is 0 Å². The molecule has 0 atom stereocenters. The molecule has 1 aromatic rings. The molecule has 76 valence electrons. The molecule has 0 saturated heterocycles. The Bertz CT molecular complexity index is 332. The molecule has 0 radical (unpaired) electrons. The maximum atomic E-state index is 5.72. The molecule has 0 aliphatic rings. The van der Waals surface area contributed by atoms with E-state index in [2.05, 4.69) is 23.3 Å². The van der Waals surface area contributed by atoms with E-state index in [-0.39, 0.29) is 0 Å². The summed E-state index contributed by atoms with van der Waals surface area (Å²) in [6.07, 6.45) is 1.57. The van der Waals surface area contributed by atoms with Crippen LogP contribution in [0.5, 0.6) is 0 Å². The number of aliphatic imine (C=N–C) groups is 1. The van der Waals surface area contributed by atoms with Crippen molar-refractivity contribution in [3.05, 3.63) is 29.6 Å². The molecule has 0 aliphatic carbocycles. The van der Waals surface area contributed by atoms with Gasteiger partial charge in [0.05, 0.1) is 16.4 Å². The summed E-state index contributed by atoms with van der Waals surface area (Å²) in [5.74, 6) is 0. The largest absolute Gasteiger partial charge is 0.262 e. The van der Waals surface area contributed by atoms with Crippen LogP contribution in [0, 0.1) is 0 Å². The van der Waals surface area contributed by atoms with E-state index in [0.29, 0.717) is 10.7 Å². The monoisotopic (exact) mass is 210 g/mol. The first-order valence-electron chi connectivity index (χ1n) is 4.43. The molecule has 0 saturated carbocycles. The first-order valence-corrected chi connectivity index (χ1v) is 4.81. The van der Waals surface area contributed by atoms with Gasteiger partial charge in [-0.05, 0) is 25.3 Å². The molecule has 0 amide bonds. The number of halogens is 1. The zero-order valence-corrected chi connectivity index (χ0v) is 9.60. The van der Waals surface area contributed by atoms with Gasteiger partial charge in [-0.15, -0.1) is 0 Å². The van der Waals surface area contributed by atoms with E-state index in [4.69, 9.17) is 11.6 Å². The lowest BCUT2D eigenvalue weighted by molar-refractivity contribution is 1.25. The Morgan fingerprint density at radius 1 is 1.50 bits per heavy atom. The third kappa shape index (κ3) is 3.30. The van der Waals surface area contributed by atoms with Gasteiger partial charge >= 0.3 is 0 Å². The molecule has 1 aromatic heterocycles. The minimum Gasteiger partial charge on any atom is -0.262 e. The van der Waals surface area contributed by atoms with Gasteiger partial charge in [0.1, 0.15) is 0 Å². The van der Waals surface area contributed by atoms with Crippen LogP contribution in [0.2, 0.25) is 5.02 Å². The van der Waals surface area contributed by atoms with E-state index in [1.807, 2.05) is 20.8 Å². The highest BCUT2D eigenvalue weighted by atomic mass is 35.5. The summed E-state index contributed by atoms with van der Waals surface area (Å²) in [6, 6.07) is 1.71. The number of aromatic nitrogens is 1. The van der Waals surface area contributed by atoms with E-state index < -0.39 is 0 Å². The molecule has 3 heteroatoms. The van der Waals surface area contributed by atoms with Crippen molar-refractivity contribution in [2.75, 3.05) is 0 Å². The summed E-state index contributed by atoms with van der Waals surface area (Å²) in [7, 11) is 0. The van der Waals surface area contributed by atoms with Crippen molar-refractivity contribution in [3.63, 3.8) is 0 Å². The summed E-state index contributed by atoms with van der Waals surface area (Å²) in [4.78, 5) is 7.88. The molecule has 14 heavy (non-hydrogen) atoms. The highest BCUT2D eigenvalue weighted by Crippen LogP contribution is 2.25. The minimum atomic E-state index is 0.558. The average Bonchev–Trinajstić information content (AvgIpc) is 2.20. The number of hydrogen-bond donors (Lipinski definition) is 0. The van der Waals surface area contributed by atoms with Gasteiger partial charge in [-0.2, -0.15) is 0 Å². The highest BCUT2D eigenvalue weighted by Gasteiger charge is 2.02.